The quantitative estimate of drug-likeness (QED) is 0.597. The van der Waals surface area contributed by atoms with E-state index in [1.165, 1.54) is 27.7 Å². The van der Waals surface area contributed by atoms with Crippen molar-refractivity contribution in [2.45, 2.75) is 50.5 Å². The molecule has 0 aliphatic carbocycles. The molecular weight excluding hydrogens is 443 g/mol. The highest BCUT2D eigenvalue weighted by Crippen LogP contribution is 2.46. The zero-order valence-electron chi connectivity index (χ0n) is 17.5. The number of carbonyl (C=O) groups excluding carboxylic acids is 1. The molecule has 0 atom stereocenters. The smallest absolute Gasteiger partial charge is 0.187 e. The van der Waals surface area contributed by atoms with Crippen molar-refractivity contribution in [2.75, 3.05) is 0 Å². The van der Waals surface area contributed by atoms with Gasteiger partial charge in [-0.2, -0.15) is 0 Å². The molecule has 0 saturated carbocycles. The highest BCUT2D eigenvalue weighted by molar-refractivity contribution is 7.95. The van der Waals surface area contributed by atoms with E-state index in [9.17, 15) is 18.3 Å². The van der Waals surface area contributed by atoms with Crippen LogP contribution in [0.25, 0.3) is 16.7 Å². The fourth-order valence-corrected chi connectivity index (χ4v) is 6.35. The van der Waals surface area contributed by atoms with E-state index in [2.05, 4.69) is 0 Å². The van der Waals surface area contributed by atoms with Crippen LogP contribution in [0.1, 0.15) is 45.7 Å². The van der Waals surface area contributed by atoms with Crippen LogP contribution >= 0.6 is 23.2 Å². The summed E-state index contributed by atoms with van der Waals surface area (Å²) in [5.74, 6) is -1.05. The van der Waals surface area contributed by atoms with E-state index >= 15 is 0 Å². The van der Waals surface area contributed by atoms with Gasteiger partial charge in [0, 0.05) is 15.6 Å². The Morgan fingerprint density at radius 2 is 1.57 bits per heavy atom. The third-order valence-electron chi connectivity index (χ3n) is 5.93. The van der Waals surface area contributed by atoms with Gasteiger partial charge in [0.15, 0.2) is 15.6 Å². The van der Waals surface area contributed by atoms with Gasteiger partial charge in [0.1, 0.15) is 15.3 Å². The Balaban J connectivity index is 2.35. The maximum atomic E-state index is 13.3. The maximum absolute atomic E-state index is 13.3. The molecular formula is C23H24Cl2O4S. The molecule has 0 fully saturated rings. The van der Waals surface area contributed by atoms with Crippen LogP contribution in [0, 0.1) is 0 Å². The van der Waals surface area contributed by atoms with Crippen molar-refractivity contribution in [1.29, 1.82) is 0 Å². The number of allylic oxidation sites excluding steroid dienone is 1. The van der Waals surface area contributed by atoms with E-state index in [0.717, 1.165) is 16.7 Å². The molecule has 0 amide bonds. The minimum atomic E-state index is -3.97. The molecule has 1 N–H and O–H groups in total. The third-order valence-corrected chi connectivity index (χ3v) is 9.54. The highest BCUT2D eigenvalue weighted by Gasteiger charge is 2.58. The Morgan fingerprint density at radius 3 is 2.13 bits per heavy atom. The lowest BCUT2D eigenvalue weighted by Crippen LogP contribution is -2.55. The fourth-order valence-electron chi connectivity index (χ4n) is 3.86. The lowest BCUT2D eigenvalue weighted by Gasteiger charge is -2.40. The van der Waals surface area contributed by atoms with Crippen LogP contribution in [-0.4, -0.2) is 28.8 Å². The molecule has 0 saturated heterocycles. The average molecular weight is 467 g/mol. The van der Waals surface area contributed by atoms with E-state index in [1.54, 1.807) is 24.3 Å². The summed E-state index contributed by atoms with van der Waals surface area (Å²) in [6.45, 7) is 7.58. The van der Waals surface area contributed by atoms with E-state index in [1.807, 2.05) is 19.1 Å². The SMILES string of the molecule is CCc1ccc(-c2ccc(Cl)cc2Cl)cc1C1=C(O)C(C)(C)S(=O)(=O)C(C)(C)C1=O. The molecule has 3 rings (SSSR count). The Kier molecular flexibility index (Phi) is 5.64. The van der Waals surface area contributed by atoms with E-state index < -0.39 is 30.9 Å². The van der Waals surface area contributed by atoms with Crippen molar-refractivity contribution in [3.63, 3.8) is 0 Å². The lowest BCUT2D eigenvalue weighted by molar-refractivity contribution is -0.115. The summed E-state index contributed by atoms with van der Waals surface area (Å²) in [7, 11) is -3.97. The van der Waals surface area contributed by atoms with E-state index in [4.69, 9.17) is 23.2 Å². The van der Waals surface area contributed by atoms with Gasteiger partial charge in [-0.25, -0.2) is 8.42 Å². The van der Waals surface area contributed by atoms with Gasteiger partial charge < -0.3 is 5.11 Å². The van der Waals surface area contributed by atoms with E-state index in [0.29, 0.717) is 22.0 Å². The minimum absolute atomic E-state index is 0.0450. The molecule has 1 aliphatic heterocycles. The topological polar surface area (TPSA) is 71.4 Å². The Morgan fingerprint density at radius 1 is 0.933 bits per heavy atom. The van der Waals surface area contributed by atoms with Crippen LogP contribution in [0.15, 0.2) is 42.2 Å². The van der Waals surface area contributed by atoms with Gasteiger partial charge in [-0.05, 0) is 69.0 Å². The van der Waals surface area contributed by atoms with Crippen LogP contribution in [0.5, 0.6) is 0 Å². The number of carbonyl (C=O) groups is 1. The molecule has 30 heavy (non-hydrogen) atoms. The zero-order valence-corrected chi connectivity index (χ0v) is 19.8. The summed E-state index contributed by atoms with van der Waals surface area (Å²) >= 11 is 12.4. The number of hydrogen-bond acceptors (Lipinski definition) is 4. The van der Waals surface area contributed by atoms with Gasteiger partial charge in [-0.3, -0.25) is 4.79 Å². The molecule has 1 aliphatic rings. The second-order valence-corrected chi connectivity index (χ2v) is 12.3. The summed E-state index contributed by atoms with van der Waals surface area (Å²) in [4.78, 5) is 13.3. The Bertz CT molecular complexity index is 1190. The summed E-state index contributed by atoms with van der Waals surface area (Å²) in [6.07, 6.45) is 0.599. The summed E-state index contributed by atoms with van der Waals surface area (Å²) in [5, 5.41) is 12.0. The lowest BCUT2D eigenvalue weighted by atomic mass is 9.85. The van der Waals surface area contributed by atoms with Crippen LogP contribution in [0.4, 0.5) is 0 Å². The summed E-state index contributed by atoms with van der Waals surface area (Å²) in [5.41, 5.74) is 2.84. The number of aliphatic hydroxyl groups is 1. The van der Waals surface area contributed by atoms with Crippen molar-refractivity contribution >= 4 is 44.4 Å². The summed E-state index contributed by atoms with van der Waals surface area (Å²) in [6, 6.07) is 10.7. The Labute approximate surface area is 187 Å². The number of ketones is 1. The van der Waals surface area contributed by atoms with Gasteiger partial charge in [-0.1, -0.05) is 48.3 Å². The molecule has 4 nitrogen and oxygen atoms in total. The van der Waals surface area contributed by atoms with Crippen LogP contribution in [-0.2, 0) is 21.1 Å². The van der Waals surface area contributed by atoms with Crippen LogP contribution < -0.4 is 0 Å². The molecule has 0 bridgehead atoms. The number of sulfone groups is 1. The normalized spacial score (nSPS) is 19.8. The first-order chi connectivity index (χ1) is 13.8. The van der Waals surface area contributed by atoms with Gasteiger partial charge in [0.05, 0.1) is 5.57 Å². The van der Waals surface area contributed by atoms with E-state index in [-0.39, 0.29) is 5.57 Å². The molecule has 2 aromatic carbocycles. The Hall–Kier alpha value is -1.82. The number of rotatable bonds is 3. The standard InChI is InChI=1S/C23H24Cl2O4S/c1-6-13-7-8-14(16-10-9-15(24)12-18(16)25)11-17(13)19-20(26)22(2,3)30(28,29)23(4,5)21(19)27/h7-12,26H,6H2,1-5H3. The second kappa shape index (κ2) is 7.40. The molecule has 7 heteroatoms. The minimum Gasteiger partial charge on any atom is -0.510 e. The first-order valence-electron chi connectivity index (χ1n) is 9.58. The average Bonchev–Trinajstić information content (AvgIpc) is 2.66. The van der Waals surface area contributed by atoms with Crippen LogP contribution in [0.2, 0.25) is 10.0 Å². The van der Waals surface area contributed by atoms with Crippen molar-refractivity contribution in [2.24, 2.45) is 0 Å². The molecule has 160 valence electrons. The second-order valence-electron chi connectivity index (χ2n) is 8.43. The molecule has 0 aromatic heterocycles. The first-order valence-corrected chi connectivity index (χ1v) is 11.8. The van der Waals surface area contributed by atoms with Crippen molar-refractivity contribution in [3.8, 4) is 11.1 Å². The zero-order chi connectivity index (χ0) is 22.6. The number of benzene rings is 2. The van der Waals surface area contributed by atoms with Crippen molar-refractivity contribution in [1.82, 2.24) is 0 Å². The number of hydrogen-bond donors (Lipinski definition) is 1. The monoisotopic (exact) mass is 466 g/mol. The molecule has 2 aromatic rings. The number of aliphatic hydroxyl groups excluding tert-OH is 1. The van der Waals surface area contributed by atoms with Crippen LogP contribution in [0.3, 0.4) is 0 Å². The number of aryl methyl sites for hydroxylation is 1. The molecule has 1 heterocycles. The van der Waals surface area contributed by atoms with Gasteiger partial charge in [0.2, 0.25) is 0 Å². The van der Waals surface area contributed by atoms with Gasteiger partial charge in [-0.15, -0.1) is 0 Å². The molecule has 0 spiro atoms. The molecule has 0 radical (unpaired) electrons. The van der Waals surface area contributed by atoms with Gasteiger partial charge >= 0.3 is 0 Å². The summed E-state index contributed by atoms with van der Waals surface area (Å²) < 4.78 is 22.8. The number of Topliss-reactive ketones (excluding diaryl/α,β-unsaturated/α-hetero) is 1. The predicted molar refractivity (Wildman–Crippen MR) is 123 cm³/mol. The number of halogens is 2. The van der Waals surface area contributed by atoms with Gasteiger partial charge in [0.25, 0.3) is 0 Å². The highest BCUT2D eigenvalue weighted by atomic mass is 35.5. The predicted octanol–water partition coefficient (Wildman–Crippen LogP) is 6.05. The molecule has 0 unspecified atom stereocenters. The van der Waals surface area contributed by atoms with Crippen molar-refractivity contribution in [3.05, 3.63) is 63.3 Å². The third kappa shape index (κ3) is 3.19. The van der Waals surface area contributed by atoms with Crippen molar-refractivity contribution < 1.29 is 18.3 Å². The maximum Gasteiger partial charge on any atom is 0.187 e. The first kappa shape index (κ1) is 22.9. The fraction of sp³-hybridized carbons (Fsp3) is 0.348. The largest absolute Gasteiger partial charge is 0.510 e.